The number of nitrogens with one attached hydrogen (secondary N) is 2. The number of hydrogen-bond donors (Lipinski definition) is 2. The molecule has 1 aromatic carbocycles. The Bertz CT molecular complexity index is 528. The third-order valence-corrected chi connectivity index (χ3v) is 4.11. The van der Waals surface area contributed by atoms with Crippen molar-refractivity contribution in [1.29, 1.82) is 0 Å². The minimum Gasteiger partial charge on any atom is -0.490 e. The number of rotatable bonds is 10. The van der Waals surface area contributed by atoms with E-state index in [1.807, 2.05) is 24.3 Å². The van der Waals surface area contributed by atoms with Gasteiger partial charge in [-0.2, -0.15) is 0 Å². The van der Waals surface area contributed by atoms with Gasteiger partial charge in [-0.3, -0.25) is 4.99 Å². The van der Waals surface area contributed by atoms with E-state index in [-0.39, 0.29) is 24.0 Å². The van der Waals surface area contributed by atoms with E-state index >= 15 is 0 Å². The quantitative estimate of drug-likeness (QED) is 0.225. The van der Waals surface area contributed by atoms with E-state index in [2.05, 4.69) is 15.6 Å². The van der Waals surface area contributed by atoms with Crippen LogP contribution in [0.5, 0.6) is 5.75 Å². The molecule has 0 saturated carbocycles. The summed E-state index contributed by atoms with van der Waals surface area (Å²) in [6.07, 6.45) is 3.48. The van der Waals surface area contributed by atoms with Crippen molar-refractivity contribution in [2.75, 3.05) is 46.6 Å². The minimum atomic E-state index is 0. The first-order chi connectivity index (χ1) is 12.3. The molecule has 0 amide bonds. The highest BCUT2D eigenvalue weighted by Crippen LogP contribution is 2.22. The molecule has 26 heavy (non-hydrogen) atoms. The van der Waals surface area contributed by atoms with E-state index in [4.69, 9.17) is 25.8 Å². The summed E-state index contributed by atoms with van der Waals surface area (Å²) >= 11 is 6.04. The van der Waals surface area contributed by atoms with E-state index in [1.165, 1.54) is 0 Å². The molecule has 1 aromatic rings. The normalized spacial score (nSPS) is 16.8. The van der Waals surface area contributed by atoms with Gasteiger partial charge in [0.25, 0.3) is 0 Å². The number of hydrogen-bond acceptors (Lipinski definition) is 4. The number of guanidine groups is 1. The van der Waals surface area contributed by atoms with Gasteiger partial charge in [0.15, 0.2) is 5.96 Å². The standard InChI is InChI=1S/C18H28ClN3O3.HI/c1-20-18(21-9-5-11-23-14-15-6-4-12-24-15)22-10-13-25-17-8-3-2-7-16(17)19;/h2-3,7-8,15H,4-6,9-14H2,1H3,(H2,20,21,22);1H. The summed E-state index contributed by atoms with van der Waals surface area (Å²) in [4.78, 5) is 4.18. The Morgan fingerprint density at radius 1 is 1.27 bits per heavy atom. The third kappa shape index (κ3) is 9.25. The van der Waals surface area contributed by atoms with Crippen molar-refractivity contribution in [2.24, 2.45) is 4.99 Å². The second-order valence-electron chi connectivity index (χ2n) is 5.77. The van der Waals surface area contributed by atoms with Gasteiger partial charge in [0, 0.05) is 26.8 Å². The maximum atomic E-state index is 6.04. The first-order valence-electron chi connectivity index (χ1n) is 8.81. The van der Waals surface area contributed by atoms with Gasteiger partial charge >= 0.3 is 0 Å². The highest BCUT2D eigenvalue weighted by Gasteiger charge is 2.14. The molecule has 0 spiro atoms. The summed E-state index contributed by atoms with van der Waals surface area (Å²) in [7, 11) is 1.75. The lowest BCUT2D eigenvalue weighted by molar-refractivity contribution is 0.0168. The molecule has 1 fully saturated rings. The molecular weight excluding hydrogens is 469 g/mol. The van der Waals surface area contributed by atoms with Crippen LogP contribution in [0.25, 0.3) is 0 Å². The summed E-state index contributed by atoms with van der Waals surface area (Å²) in [5, 5.41) is 7.08. The fourth-order valence-electron chi connectivity index (χ4n) is 2.48. The van der Waals surface area contributed by atoms with Crippen LogP contribution < -0.4 is 15.4 Å². The zero-order valence-electron chi connectivity index (χ0n) is 15.2. The fourth-order valence-corrected chi connectivity index (χ4v) is 2.67. The Balaban J connectivity index is 0.00000338. The number of nitrogens with zero attached hydrogens (tertiary/aromatic N) is 1. The molecular formula is C18H29ClIN3O3. The summed E-state index contributed by atoms with van der Waals surface area (Å²) in [6.45, 7) is 4.25. The average Bonchev–Trinajstić information content (AvgIpc) is 3.14. The second-order valence-corrected chi connectivity index (χ2v) is 6.18. The van der Waals surface area contributed by atoms with Crippen LogP contribution in [-0.2, 0) is 9.47 Å². The molecule has 1 atom stereocenters. The largest absolute Gasteiger partial charge is 0.490 e. The van der Waals surface area contributed by atoms with E-state index in [0.717, 1.165) is 45.0 Å². The molecule has 0 aromatic heterocycles. The highest BCUT2D eigenvalue weighted by molar-refractivity contribution is 14.0. The summed E-state index contributed by atoms with van der Waals surface area (Å²) in [5.74, 6) is 1.44. The Morgan fingerprint density at radius 3 is 2.81 bits per heavy atom. The van der Waals surface area contributed by atoms with Crippen LogP contribution in [0.4, 0.5) is 0 Å². The molecule has 2 N–H and O–H groups in total. The van der Waals surface area contributed by atoms with E-state index < -0.39 is 0 Å². The molecule has 6 nitrogen and oxygen atoms in total. The zero-order chi connectivity index (χ0) is 17.7. The summed E-state index contributed by atoms with van der Waals surface area (Å²) in [6, 6.07) is 7.44. The lowest BCUT2D eigenvalue weighted by Gasteiger charge is -2.13. The van der Waals surface area contributed by atoms with Crippen molar-refractivity contribution >= 4 is 41.5 Å². The number of benzene rings is 1. The van der Waals surface area contributed by atoms with Crippen LogP contribution in [0.2, 0.25) is 5.02 Å². The van der Waals surface area contributed by atoms with Crippen molar-refractivity contribution in [3.8, 4) is 5.75 Å². The van der Waals surface area contributed by atoms with Gasteiger partial charge in [0.05, 0.1) is 24.3 Å². The van der Waals surface area contributed by atoms with Crippen LogP contribution in [-0.4, -0.2) is 58.6 Å². The molecule has 0 aliphatic carbocycles. The van der Waals surface area contributed by atoms with Gasteiger partial charge in [-0.25, -0.2) is 0 Å². The van der Waals surface area contributed by atoms with Gasteiger partial charge in [-0.15, -0.1) is 24.0 Å². The van der Waals surface area contributed by atoms with Gasteiger partial charge in [-0.05, 0) is 31.4 Å². The second kappa shape index (κ2) is 14.3. The van der Waals surface area contributed by atoms with Crippen LogP contribution >= 0.6 is 35.6 Å². The first kappa shape index (κ1) is 23.3. The van der Waals surface area contributed by atoms with Crippen molar-refractivity contribution in [1.82, 2.24) is 10.6 Å². The highest BCUT2D eigenvalue weighted by atomic mass is 127. The topological polar surface area (TPSA) is 64.1 Å². The van der Waals surface area contributed by atoms with E-state index in [9.17, 15) is 0 Å². The van der Waals surface area contributed by atoms with Gasteiger partial charge in [0.1, 0.15) is 12.4 Å². The number of para-hydroxylation sites is 1. The third-order valence-electron chi connectivity index (χ3n) is 3.80. The van der Waals surface area contributed by atoms with Crippen LogP contribution in [0.3, 0.4) is 0 Å². The molecule has 1 unspecified atom stereocenters. The summed E-state index contributed by atoms with van der Waals surface area (Å²) < 4.78 is 16.8. The molecule has 1 saturated heterocycles. The molecule has 1 heterocycles. The predicted octanol–water partition coefficient (Wildman–Crippen LogP) is 3.09. The number of aliphatic imine (C=N–C) groups is 1. The van der Waals surface area contributed by atoms with Gasteiger partial charge in [0.2, 0.25) is 0 Å². The van der Waals surface area contributed by atoms with Gasteiger partial charge in [-0.1, -0.05) is 23.7 Å². The van der Waals surface area contributed by atoms with E-state index in [0.29, 0.717) is 36.6 Å². The van der Waals surface area contributed by atoms with Crippen molar-refractivity contribution in [2.45, 2.75) is 25.4 Å². The van der Waals surface area contributed by atoms with Crippen molar-refractivity contribution < 1.29 is 14.2 Å². The predicted molar refractivity (Wildman–Crippen MR) is 116 cm³/mol. The van der Waals surface area contributed by atoms with Crippen molar-refractivity contribution in [3.05, 3.63) is 29.3 Å². The summed E-state index contributed by atoms with van der Waals surface area (Å²) in [5.41, 5.74) is 0. The molecule has 148 valence electrons. The molecule has 0 bridgehead atoms. The molecule has 1 aliphatic heterocycles. The maximum Gasteiger partial charge on any atom is 0.191 e. The van der Waals surface area contributed by atoms with Crippen LogP contribution in [0.1, 0.15) is 19.3 Å². The molecule has 2 rings (SSSR count). The smallest absolute Gasteiger partial charge is 0.191 e. The molecule has 8 heteroatoms. The zero-order valence-corrected chi connectivity index (χ0v) is 18.3. The fraction of sp³-hybridized carbons (Fsp3) is 0.611. The van der Waals surface area contributed by atoms with Crippen molar-refractivity contribution in [3.63, 3.8) is 0 Å². The first-order valence-corrected chi connectivity index (χ1v) is 9.18. The lowest BCUT2D eigenvalue weighted by atomic mass is 10.2. The Hall–Kier alpha value is -0.770. The number of ether oxygens (including phenoxy) is 3. The van der Waals surface area contributed by atoms with Gasteiger partial charge < -0.3 is 24.8 Å². The Morgan fingerprint density at radius 2 is 2.08 bits per heavy atom. The van der Waals surface area contributed by atoms with E-state index in [1.54, 1.807) is 7.05 Å². The molecule has 0 radical (unpaired) electrons. The van der Waals surface area contributed by atoms with Crippen LogP contribution in [0, 0.1) is 0 Å². The maximum absolute atomic E-state index is 6.04. The lowest BCUT2D eigenvalue weighted by Crippen LogP contribution is -2.40. The average molecular weight is 498 g/mol. The minimum absolute atomic E-state index is 0. The monoisotopic (exact) mass is 497 g/mol. The Labute approximate surface area is 178 Å². The number of halogens is 2. The molecule has 1 aliphatic rings. The van der Waals surface area contributed by atoms with Crippen LogP contribution in [0.15, 0.2) is 29.3 Å². The SMILES string of the molecule is CN=C(NCCCOCC1CCCO1)NCCOc1ccccc1Cl.I. The Kier molecular flexibility index (Phi) is 12.8.